The third-order valence-electron chi connectivity index (χ3n) is 11.0. The van der Waals surface area contributed by atoms with Gasteiger partial charge in [0.2, 0.25) is 11.8 Å². The van der Waals surface area contributed by atoms with E-state index in [9.17, 15) is 29.1 Å². The number of hydrogen-bond donors (Lipinski definition) is 3. The first kappa shape index (κ1) is 41.0. The van der Waals surface area contributed by atoms with E-state index in [1.807, 2.05) is 98.7 Å². The number of carbonyl (C=O) groups is 4. The molecule has 1 saturated carbocycles. The number of hydrogen-bond acceptors (Lipinski definition) is 9. The Hall–Kier alpha value is -5.66. The highest BCUT2D eigenvalue weighted by molar-refractivity contribution is 5.96. The molecule has 1 saturated heterocycles. The monoisotopic (exact) mass is 781 g/mol. The van der Waals surface area contributed by atoms with Crippen LogP contribution in [0.5, 0.6) is 0 Å². The fourth-order valence-electron chi connectivity index (χ4n) is 7.79. The molecule has 304 valence electrons. The fraction of sp³-hybridized carbons (Fsp3) is 0.488. The van der Waals surface area contributed by atoms with Gasteiger partial charge in [-0.3, -0.25) is 14.4 Å². The number of benzene rings is 2. The van der Waals surface area contributed by atoms with E-state index in [1.165, 1.54) is 9.58 Å². The fourth-order valence-corrected chi connectivity index (χ4v) is 7.79. The van der Waals surface area contributed by atoms with Gasteiger partial charge in [-0.05, 0) is 81.8 Å². The second-order valence-electron chi connectivity index (χ2n) is 16.8. The lowest BCUT2D eigenvalue weighted by atomic mass is 9.96. The number of aromatic nitrogens is 2. The van der Waals surface area contributed by atoms with Gasteiger partial charge in [0.15, 0.2) is 0 Å². The lowest BCUT2D eigenvalue weighted by Gasteiger charge is -2.30. The topological polar surface area (TPSA) is 166 Å². The smallest absolute Gasteiger partial charge is 0.408 e. The van der Waals surface area contributed by atoms with Crippen molar-refractivity contribution in [3.05, 3.63) is 77.2 Å². The number of alkyl carbamates (subject to hydrolysis) is 1. The Morgan fingerprint density at radius 3 is 2.16 bits per heavy atom. The van der Waals surface area contributed by atoms with E-state index in [0.29, 0.717) is 29.5 Å². The summed E-state index contributed by atoms with van der Waals surface area (Å²) in [7, 11) is 7.78. The molecule has 6 rings (SSSR count). The van der Waals surface area contributed by atoms with Gasteiger partial charge in [-0.25, -0.2) is 14.3 Å². The molecule has 3 N–H and O–H groups in total. The molecule has 2 fully saturated rings. The van der Waals surface area contributed by atoms with Crippen molar-refractivity contribution in [2.24, 2.45) is 5.92 Å². The van der Waals surface area contributed by atoms with Crippen LogP contribution < -0.4 is 26.0 Å². The zero-order chi connectivity index (χ0) is 41.2. The van der Waals surface area contributed by atoms with Crippen LogP contribution in [0.25, 0.3) is 22.3 Å². The van der Waals surface area contributed by atoms with Crippen molar-refractivity contribution in [3.63, 3.8) is 0 Å². The summed E-state index contributed by atoms with van der Waals surface area (Å²) in [5.74, 6) is -2.70. The third kappa shape index (κ3) is 9.00. The second-order valence-corrected chi connectivity index (χ2v) is 16.8. The Bertz CT molecular complexity index is 2070. The lowest BCUT2D eigenvalue weighted by molar-refractivity contribution is -0.145. The van der Waals surface area contributed by atoms with Crippen molar-refractivity contribution >= 4 is 35.3 Å². The molecule has 57 heavy (non-hydrogen) atoms. The number of carboxylic acid groups (broad SMARTS) is 1. The van der Waals surface area contributed by atoms with E-state index in [0.717, 1.165) is 36.2 Å². The minimum atomic E-state index is -1.50. The first-order valence-corrected chi connectivity index (χ1v) is 19.7. The molecule has 1 aliphatic carbocycles. The van der Waals surface area contributed by atoms with E-state index in [-0.39, 0.29) is 19.4 Å². The van der Waals surface area contributed by atoms with Crippen molar-refractivity contribution < 1.29 is 29.0 Å². The number of ether oxygens (including phenoxy) is 1. The maximum atomic E-state index is 14.8. The van der Waals surface area contributed by atoms with Gasteiger partial charge in [0, 0.05) is 64.0 Å². The minimum absolute atomic E-state index is 0.00424. The predicted octanol–water partition coefficient (Wildman–Crippen LogP) is 5.22. The van der Waals surface area contributed by atoms with Crippen molar-refractivity contribution in [2.45, 2.75) is 95.0 Å². The highest BCUT2D eigenvalue weighted by Crippen LogP contribution is 2.45. The molecule has 1 unspecified atom stereocenters. The average molecular weight is 782 g/mol. The van der Waals surface area contributed by atoms with E-state index < -0.39 is 64.6 Å². The number of fused-ring (bicyclic) bond motifs is 2. The average Bonchev–Trinajstić information content (AvgIpc) is 3.67. The van der Waals surface area contributed by atoms with Gasteiger partial charge >= 0.3 is 12.1 Å². The molecule has 2 aromatic carbocycles. The van der Waals surface area contributed by atoms with Gasteiger partial charge in [-0.2, -0.15) is 5.10 Å². The van der Waals surface area contributed by atoms with Crippen LogP contribution in [0.1, 0.15) is 71.8 Å². The molecule has 2 aliphatic heterocycles. The summed E-state index contributed by atoms with van der Waals surface area (Å²) in [5, 5.41) is 20.5. The van der Waals surface area contributed by atoms with Crippen LogP contribution in [0.4, 0.5) is 16.2 Å². The third-order valence-corrected chi connectivity index (χ3v) is 11.0. The molecule has 3 heterocycles. The van der Waals surface area contributed by atoms with Gasteiger partial charge in [0.1, 0.15) is 23.2 Å². The van der Waals surface area contributed by atoms with E-state index in [2.05, 4.69) is 15.7 Å². The normalized spacial score (nSPS) is 23.9. The number of aliphatic carboxylic acids is 1. The number of amides is 3. The second kappa shape index (κ2) is 16.4. The number of nitrogens with one attached hydrogen (secondary N) is 2. The zero-order valence-corrected chi connectivity index (χ0v) is 33.9. The summed E-state index contributed by atoms with van der Waals surface area (Å²) < 4.78 is 6.86. The summed E-state index contributed by atoms with van der Waals surface area (Å²) in [4.78, 5) is 74.7. The number of carbonyl (C=O) groups excluding carboxylic acids is 3. The lowest BCUT2D eigenvalue weighted by Crippen LogP contribution is -2.56. The minimum Gasteiger partial charge on any atom is -0.479 e. The standard InChI is InChI=1S/C43H55N7O7/c1-42(2,3)57-41(56)45-34-14-12-10-8-9-11-13-29-24-43(29,40(54)55)46-37(51)35-23-32(26-49(35)38(34)52)50-39(53)36(28-17-21-31(22-18-28)48(6)7)33(25-44-50)27-15-19-30(20-16-27)47(4)5/h11,13,15-22,25,29,32,34-35H,8-10,12,14,23-24,26H2,1-7H3,(H,45,56)(H,46,51)(H,54,55)/t29-,32-,34+,35?,43-/m1/s1. The largest absolute Gasteiger partial charge is 0.479 e. The molecule has 0 radical (unpaired) electrons. The molecule has 0 bridgehead atoms. The number of nitrogens with zero attached hydrogens (tertiary/aromatic N) is 5. The molecule has 14 heteroatoms. The predicted molar refractivity (Wildman–Crippen MR) is 219 cm³/mol. The van der Waals surface area contributed by atoms with Crippen LogP contribution in [0, 0.1) is 5.92 Å². The number of allylic oxidation sites excluding steroid dienone is 1. The Balaban J connectivity index is 1.42. The van der Waals surface area contributed by atoms with Gasteiger partial charge in [0.05, 0.1) is 17.8 Å². The molecule has 3 aromatic rings. The number of carboxylic acids is 1. The van der Waals surface area contributed by atoms with Gasteiger partial charge in [0.25, 0.3) is 5.56 Å². The first-order chi connectivity index (χ1) is 27.0. The molecular weight excluding hydrogens is 727 g/mol. The Morgan fingerprint density at radius 2 is 1.56 bits per heavy atom. The maximum Gasteiger partial charge on any atom is 0.408 e. The highest BCUT2D eigenvalue weighted by atomic mass is 16.6. The van der Waals surface area contributed by atoms with Crippen molar-refractivity contribution in [2.75, 3.05) is 44.5 Å². The zero-order valence-electron chi connectivity index (χ0n) is 33.9. The van der Waals surface area contributed by atoms with Crippen LogP contribution in [0.2, 0.25) is 0 Å². The summed E-state index contributed by atoms with van der Waals surface area (Å²) in [6, 6.07) is 12.6. The van der Waals surface area contributed by atoms with Crippen LogP contribution in [-0.4, -0.2) is 102 Å². The summed E-state index contributed by atoms with van der Waals surface area (Å²) >= 11 is 0. The molecule has 3 amide bonds. The molecule has 14 nitrogen and oxygen atoms in total. The molecular formula is C43H55N7O7. The van der Waals surface area contributed by atoms with Crippen LogP contribution >= 0.6 is 0 Å². The van der Waals surface area contributed by atoms with E-state index in [1.54, 1.807) is 27.0 Å². The number of rotatable bonds is 7. The van der Waals surface area contributed by atoms with Gasteiger partial charge in [-0.1, -0.05) is 49.3 Å². The SMILES string of the molecule is CN(C)c1ccc(-c2cnn([C@@H]3CC4C(=O)N[C@]5(C(=O)O)C[C@H]5C=CCCCCC[C@H](NC(=O)OC(C)(C)C)C(=O)N4C3)c(=O)c2-c2ccc(N(C)C)cc2)cc1. The van der Waals surface area contributed by atoms with E-state index in [4.69, 9.17) is 4.74 Å². The summed E-state index contributed by atoms with van der Waals surface area (Å²) in [6.45, 7) is 5.11. The van der Waals surface area contributed by atoms with Crippen LogP contribution in [0.15, 0.2) is 71.7 Å². The number of anilines is 2. The quantitative estimate of drug-likeness (QED) is 0.271. The Morgan fingerprint density at radius 1 is 0.930 bits per heavy atom. The van der Waals surface area contributed by atoms with Crippen LogP contribution in [0.3, 0.4) is 0 Å². The van der Waals surface area contributed by atoms with Crippen molar-refractivity contribution in [1.29, 1.82) is 0 Å². The molecule has 1 aromatic heterocycles. The van der Waals surface area contributed by atoms with Gasteiger partial charge < -0.3 is 35.2 Å². The van der Waals surface area contributed by atoms with Gasteiger partial charge in [-0.15, -0.1) is 0 Å². The Kier molecular flexibility index (Phi) is 11.8. The van der Waals surface area contributed by atoms with Crippen molar-refractivity contribution in [1.82, 2.24) is 25.3 Å². The molecule has 5 atom stereocenters. The molecule has 0 spiro atoms. The highest BCUT2D eigenvalue weighted by Gasteiger charge is 2.61. The maximum absolute atomic E-state index is 14.8. The summed E-state index contributed by atoms with van der Waals surface area (Å²) in [5.41, 5.74) is 1.73. The Labute approximate surface area is 333 Å². The van der Waals surface area contributed by atoms with Crippen LogP contribution in [-0.2, 0) is 19.1 Å². The first-order valence-electron chi connectivity index (χ1n) is 19.7. The summed E-state index contributed by atoms with van der Waals surface area (Å²) in [6.07, 6.45) is 8.12. The molecule has 3 aliphatic rings. The van der Waals surface area contributed by atoms with E-state index >= 15 is 0 Å². The van der Waals surface area contributed by atoms with Crippen molar-refractivity contribution in [3.8, 4) is 22.3 Å².